The first-order valence-electron chi connectivity index (χ1n) is 27.4. The molecule has 4 unspecified atom stereocenters. The van der Waals surface area contributed by atoms with E-state index in [0.29, 0.717) is 12.8 Å². The number of allylic oxidation sites excluding steroid dienone is 6. The third-order valence-electron chi connectivity index (χ3n) is 12.8. The molecule has 0 aromatic heterocycles. The van der Waals surface area contributed by atoms with Crippen LogP contribution in [0.2, 0.25) is 0 Å². The minimum Gasteiger partial charge on any atom is -0.394 e. The van der Waals surface area contributed by atoms with Crippen molar-refractivity contribution >= 4 is 5.91 Å². The first-order chi connectivity index (χ1) is 30.5. The molecule has 6 nitrogen and oxygen atoms in total. The summed E-state index contributed by atoms with van der Waals surface area (Å²) in [4.78, 5) is 12.5. The topological polar surface area (TPSA) is 110 Å². The fourth-order valence-corrected chi connectivity index (χ4v) is 8.50. The Hall–Kier alpha value is -1.47. The lowest BCUT2D eigenvalue weighted by Crippen LogP contribution is -2.53. The van der Waals surface area contributed by atoms with E-state index in [1.54, 1.807) is 0 Å². The summed E-state index contributed by atoms with van der Waals surface area (Å²) < 4.78 is 0. The Kier molecular flexibility index (Phi) is 49.3. The summed E-state index contributed by atoms with van der Waals surface area (Å²) >= 11 is 0. The van der Waals surface area contributed by atoms with E-state index in [4.69, 9.17) is 0 Å². The molecule has 0 spiro atoms. The van der Waals surface area contributed by atoms with E-state index < -0.39 is 36.9 Å². The van der Waals surface area contributed by atoms with E-state index in [2.05, 4.69) is 55.6 Å². The van der Waals surface area contributed by atoms with Gasteiger partial charge in [0.15, 0.2) is 0 Å². The van der Waals surface area contributed by atoms with Crippen LogP contribution in [0.25, 0.3) is 0 Å². The van der Waals surface area contributed by atoms with Crippen LogP contribution in [0.15, 0.2) is 36.5 Å². The molecular formula is C56H107NO5. The summed E-state index contributed by atoms with van der Waals surface area (Å²) in [5.74, 6) is -0.600. The smallest absolute Gasteiger partial charge is 0.249 e. The molecule has 0 aliphatic rings. The fraction of sp³-hybridized carbons (Fsp3) is 0.875. The van der Waals surface area contributed by atoms with E-state index in [9.17, 15) is 25.2 Å². The van der Waals surface area contributed by atoms with Crippen molar-refractivity contribution < 1.29 is 25.2 Å². The predicted molar refractivity (Wildman–Crippen MR) is 270 cm³/mol. The molecule has 0 radical (unpaired) electrons. The van der Waals surface area contributed by atoms with Crippen molar-refractivity contribution in [2.45, 2.75) is 308 Å². The molecule has 4 atom stereocenters. The predicted octanol–water partition coefficient (Wildman–Crippen LogP) is 15.6. The molecule has 0 saturated heterocycles. The minimum absolute atomic E-state index is 0.351. The van der Waals surface area contributed by atoms with Gasteiger partial charge in [0.05, 0.1) is 18.8 Å². The van der Waals surface area contributed by atoms with Crippen LogP contribution in [0, 0.1) is 0 Å². The van der Waals surface area contributed by atoms with Crippen molar-refractivity contribution in [3.05, 3.63) is 36.5 Å². The molecule has 0 bridgehead atoms. The van der Waals surface area contributed by atoms with Crippen LogP contribution in [0.1, 0.15) is 284 Å². The van der Waals surface area contributed by atoms with Crippen LogP contribution in [-0.2, 0) is 4.79 Å². The second-order valence-electron chi connectivity index (χ2n) is 18.9. The Labute approximate surface area is 386 Å². The SMILES string of the molecule is CCCCC/C=C\C/C=C\CCCCCCCCC(O)C(=O)NC(CO)C(O)C(O)CCC/C=C/CCCCCCCCCCCCCCCCCCCCCCCCCCC. The fourth-order valence-electron chi connectivity index (χ4n) is 8.50. The molecule has 0 saturated carbocycles. The molecule has 0 aliphatic carbocycles. The molecule has 1 amide bonds. The summed E-state index contributed by atoms with van der Waals surface area (Å²) in [6.07, 6.45) is 62.2. The van der Waals surface area contributed by atoms with Gasteiger partial charge in [-0.05, 0) is 70.6 Å². The maximum Gasteiger partial charge on any atom is 0.249 e. The van der Waals surface area contributed by atoms with Gasteiger partial charge < -0.3 is 25.7 Å². The standard InChI is InChI=1S/C56H107NO5/c1-3-5-7-9-11-13-15-17-19-21-22-23-24-25-26-27-28-29-30-31-32-33-34-36-37-39-41-43-45-47-49-53(59)55(61)52(51-58)57-56(62)54(60)50-48-46-44-42-40-38-35-20-18-16-14-12-10-8-6-4-2/h12,14,18,20,41,43,52-55,58-61H,3-11,13,15-17,19,21-40,42,44-51H2,1-2H3,(H,57,62)/b14-12-,20-18-,43-41+. The van der Waals surface area contributed by atoms with Gasteiger partial charge in [-0.15, -0.1) is 0 Å². The van der Waals surface area contributed by atoms with Gasteiger partial charge in [0.2, 0.25) is 5.91 Å². The van der Waals surface area contributed by atoms with E-state index in [0.717, 1.165) is 57.8 Å². The van der Waals surface area contributed by atoms with Crippen molar-refractivity contribution in [3.8, 4) is 0 Å². The van der Waals surface area contributed by atoms with Gasteiger partial charge in [-0.25, -0.2) is 0 Å². The molecule has 0 aliphatic heterocycles. The van der Waals surface area contributed by atoms with Gasteiger partial charge >= 0.3 is 0 Å². The summed E-state index contributed by atoms with van der Waals surface area (Å²) in [6.45, 7) is 4.03. The van der Waals surface area contributed by atoms with Crippen LogP contribution in [0.4, 0.5) is 0 Å². The van der Waals surface area contributed by atoms with Crippen molar-refractivity contribution in [1.29, 1.82) is 0 Å². The van der Waals surface area contributed by atoms with Crippen LogP contribution >= 0.6 is 0 Å². The maximum atomic E-state index is 12.5. The molecule has 0 fully saturated rings. The lowest BCUT2D eigenvalue weighted by molar-refractivity contribution is -0.132. The highest BCUT2D eigenvalue weighted by Gasteiger charge is 2.28. The Morgan fingerprint density at radius 1 is 0.403 bits per heavy atom. The lowest BCUT2D eigenvalue weighted by atomic mass is 10.00. The quantitative estimate of drug-likeness (QED) is 0.0309. The lowest BCUT2D eigenvalue weighted by Gasteiger charge is -2.27. The van der Waals surface area contributed by atoms with Crippen molar-refractivity contribution in [2.75, 3.05) is 6.61 Å². The largest absolute Gasteiger partial charge is 0.394 e. The zero-order chi connectivity index (χ0) is 45.2. The van der Waals surface area contributed by atoms with Gasteiger partial charge in [0.25, 0.3) is 0 Å². The zero-order valence-corrected chi connectivity index (χ0v) is 41.4. The summed E-state index contributed by atoms with van der Waals surface area (Å²) in [6, 6.07) is -1.01. The van der Waals surface area contributed by atoms with Crippen LogP contribution in [-0.4, -0.2) is 57.3 Å². The molecule has 0 aromatic rings. The number of carbonyl (C=O) groups excluding carboxylic acids is 1. The zero-order valence-electron chi connectivity index (χ0n) is 41.4. The number of hydrogen-bond donors (Lipinski definition) is 5. The average Bonchev–Trinajstić information content (AvgIpc) is 3.28. The number of amides is 1. The van der Waals surface area contributed by atoms with Crippen LogP contribution < -0.4 is 5.32 Å². The highest BCUT2D eigenvalue weighted by Crippen LogP contribution is 2.17. The number of hydrogen-bond acceptors (Lipinski definition) is 5. The van der Waals surface area contributed by atoms with E-state index in [1.807, 2.05) is 0 Å². The summed E-state index contributed by atoms with van der Waals surface area (Å²) in [5, 5.41) is 43.9. The van der Waals surface area contributed by atoms with Gasteiger partial charge in [-0.2, -0.15) is 0 Å². The first-order valence-corrected chi connectivity index (χ1v) is 27.4. The monoisotopic (exact) mass is 874 g/mol. The summed E-state index contributed by atoms with van der Waals surface area (Å²) in [7, 11) is 0. The van der Waals surface area contributed by atoms with Gasteiger partial charge in [0, 0.05) is 0 Å². The van der Waals surface area contributed by atoms with Crippen LogP contribution in [0.5, 0.6) is 0 Å². The van der Waals surface area contributed by atoms with E-state index in [-0.39, 0.29) is 0 Å². The first kappa shape index (κ1) is 60.5. The normalized spacial score (nSPS) is 14.1. The molecule has 0 heterocycles. The highest BCUT2D eigenvalue weighted by molar-refractivity contribution is 5.80. The summed E-state index contributed by atoms with van der Waals surface area (Å²) in [5.41, 5.74) is 0. The minimum atomic E-state index is -1.29. The Balaban J connectivity index is 3.63. The second-order valence-corrected chi connectivity index (χ2v) is 18.9. The molecular weight excluding hydrogens is 767 g/mol. The third-order valence-corrected chi connectivity index (χ3v) is 12.8. The molecule has 366 valence electrons. The van der Waals surface area contributed by atoms with Crippen molar-refractivity contribution in [2.24, 2.45) is 0 Å². The highest BCUT2D eigenvalue weighted by atomic mass is 16.3. The average molecular weight is 874 g/mol. The maximum absolute atomic E-state index is 12.5. The Morgan fingerprint density at radius 3 is 1.10 bits per heavy atom. The van der Waals surface area contributed by atoms with Gasteiger partial charge in [0.1, 0.15) is 12.2 Å². The van der Waals surface area contributed by atoms with E-state index in [1.165, 1.54) is 199 Å². The number of aliphatic hydroxyl groups excluding tert-OH is 4. The number of unbranched alkanes of at least 4 members (excludes halogenated alkanes) is 35. The van der Waals surface area contributed by atoms with Crippen molar-refractivity contribution in [1.82, 2.24) is 5.32 Å². The molecule has 5 N–H and O–H groups in total. The second kappa shape index (κ2) is 50.5. The van der Waals surface area contributed by atoms with Gasteiger partial charge in [-0.1, -0.05) is 249 Å². The number of carbonyl (C=O) groups is 1. The molecule has 62 heavy (non-hydrogen) atoms. The third kappa shape index (κ3) is 43.8. The van der Waals surface area contributed by atoms with E-state index >= 15 is 0 Å². The number of rotatable bonds is 50. The van der Waals surface area contributed by atoms with Crippen molar-refractivity contribution in [3.63, 3.8) is 0 Å². The Bertz CT molecular complexity index is 981. The molecule has 6 heteroatoms. The van der Waals surface area contributed by atoms with Crippen LogP contribution in [0.3, 0.4) is 0 Å². The Morgan fingerprint density at radius 2 is 0.710 bits per heavy atom. The molecule has 0 rings (SSSR count). The number of nitrogens with one attached hydrogen (secondary N) is 1. The number of aliphatic hydroxyl groups is 4. The molecule has 0 aromatic carbocycles. The van der Waals surface area contributed by atoms with Gasteiger partial charge in [-0.3, -0.25) is 4.79 Å².